The summed E-state index contributed by atoms with van der Waals surface area (Å²) in [6, 6.07) is -7.02. The predicted molar refractivity (Wildman–Crippen MR) is 97.4 cm³/mol. The summed E-state index contributed by atoms with van der Waals surface area (Å²) in [6.45, 7) is 2.14. The first-order valence-corrected chi connectivity index (χ1v) is 8.06. The first kappa shape index (κ1) is 11.0. The molecular formula is C20H32O3. The van der Waals surface area contributed by atoms with E-state index >= 15 is 0 Å². The fraction of sp³-hybridized carbons (Fsp3) is 0.550. The number of rotatable bonds is 14. The van der Waals surface area contributed by atoms with E-state index in [9.17, 15) is 9.90 Å². The van der Waals surface area contributed by atoms with E-state index in [0.29, 0.717) is 6.42 Å². The maximum absolute atomic E-state index is 10.7. The van der Waals surface area contributed by atoms with Crippen molar-refractivity contribution >= 4 is 5.97 Å². The highest BCUT2D eigenvalue weighted by atomic mass is 16.4. The minimum atomic E-state index is -1.77. The number of carboxylic acids is 1. The van der Waals surface area contributed by atoms with E-state index in [1.165, 1.54) is 19.3 Å². The molecule has 1 unspecified atom stereocenters. The summed E-state index contributed by atoms with van der Waals surface area (Å²) in [5.41, 5.74) is 0. The summed E-state index contributed by atoms with van der Waals surface area (Å²) in [5, 5.41) is 18.7. The number of unbranched alkanes of at least 4 members (excludes halogenated alkanes) is 5. The molecule has 0 amide bonds. The van der Waals surface area contributed by atoms with Gasteiger partial charge in [-0.05, 0) is 19.3 Å². The molecule has 0 heterocycles. The number of aliphatic hydroxyl groups excluding tert-OH is 1. The van der Waals surface area contributed by atoms with Crippen LogP contribution in [0.5, 0.6) is 0 Å². The Hall–Kier alpha value is -1.61. The van der Waals surface area contributed by atoms with Gasteiger partial charge in [0.05, 0.1) is 17.1 Å². The number of carboxylic acid groups (broad SMARTS) is 1. The largest absolute Gasteiger partial charge is 0.478 e. The van der Waals surface area contributed by atoms with Crippen LogP contribution in [0.25, 0.3) is 0 Å². The van der Waals surface area contributed by atoms with Crippen LogP contribution in [-0.4, -0.2) is 22.3 Å². The monoisotopic (exact) mass is 328 g/mol. The van der Waals surface area contributed by atoms with Crippen molar-refractivity contribution < 1.29 is 26.0 Å². The van der Waals surface area contributed by atoms with Gasteiger partial charge < -0.3 is 10.2 Å². The van der Waals surface area contributed by atoms with Crippen LogP contribution >= 0.6 is 0 Å². The number of carbonyl (C=O) groups is 1. The zero-order valence-corrected chi connectivity index (χ0v) is 13.7. The zero-order chi connectivity index (χ0) is 24.1. The van der Waals surface area contributed by atoms with E-state index in [-0.39, 0.29) is 18.9 Å². The van der Waals surface area contributed by atoms with Gasteiger partial charge in [0.25, 0.3) is 0 Å². The zero-order valence-electron chi connectivity index (χ0n) is 21.7. The van der Waals surface area contributed by atoms with Crippen LogP contribution in [0.4, 0.5) is 0 Å². The molecule has 0 aliphatic carbocycles. The molecule has 0 saturated carbocycles. The minimum Gasteiger partial charge on any atom is -0.478 e. The summed E-state index contributed by atoms with van der Waals surface area (Å²) < 4.78 is 61.3. The normalized spacial score (nSPS) is 22.2. The van der Waals surface area contributed by atoms with E-state index in [1.54, 1.807) is 0 Å². The van der Waals surface area contributed by atoms with E-state index in [1.807, 2.05) is 0 Å². The topological polar surface area (TPSA) is 57.5 Å². The highest BCUT2D eigenvalue weighted by Gasteiger charge is 2.01. The molecule has 0 aliphatic heterocycles. The molecule has 0 fully saturated rings. The predicted octanol–water partition coefficient (Wildman–Crippen LogP) is 5.19. The van der Waals surface area contributed by atoms with Gasteiger partial charge in [0.15, 0.2) is 0 Å². The Bertz CT molecular complexity index is 741. The van der Waals surface area contributed by atoms with E-state index in [4.69, 9.17) is 16.1 Å². The number of hydrogen-bond acceptors (Lipinski definition) is 2. The summed E-state index contributed by atoms with van der Waals surface area (Å²) in [7, 11) is 0. The average Bonchev–Trinajstić information content (AvgIpc) is 2.75. The molecule has 2 N–H and O–H groups in total. The lowest BCUT2D eigenvalue weighted by atomic mass is 10.0. The van der Waals surface area contributed by atoms with Crippen LogP contribution in [0, 0.1) is 0 Å². The number of allylic oxidation sites excluding steroid dienone is 7. The van der Waals surface area contributed by atoms with E-state index < -0.39 is 54.4 Å². The molecular weight excluding hydrogens is 288 g/mol. The van der Waals surface area contributed by atoms with E-state index in [0.717, 1.165) is 19.3 Å². The third-order valence-electron chi connectivity index (χ3n) is 3.06. The second-order valence-electron chi connectivity index (χ2n) is 5.11. The van der Waals surface area contributed by atoms with Crippen molar-refractivity contribution in [1.29, 1.82) is 0 Å². The molecule has 0 saturated heterocycles. The Labute approximate surface area is 152 Å². The van der Waals surface area contributed by atoms with Gasteiger partial charge >= 0.3 is 5.97 Å². The van der Waals surface area contributed by atoms with Crippen LogP contribution in [0.3, 0.4) is 0 Å². The molecule has 23 heavy (non-hydrogen) atoms. The SMILES string of the molecule is [2H]C(CCC(O)CCCCCCCC)=C([2H])C([2H])=C([2H])C([2H])=C([2H])C([2H])=C([2H])C(=O)O. The molecule has 0 radical (unpaired) electrons. The molecule has 0 aromatic carbocycles. The Morgan fingerprint density at radius 3 is 2.26 bits per heavy atom. The highest BCUT2D eigenvalue weighted by Crippen LogP contribution is 2.11. The maximum atomic E-state index is 10.7. The fourth-order valence-corrected chi connectivity index (χ4v) is 1.86. The summed E-state index contributed by atoms with van der Waals surface area (Å²) in [6.07, 6.45) is 6.72. The van der Waals surface area contributed by atoms with Gasteiger partial charge in [0, 0.05) is 6.05 Å². The van der Waals surface area contributed by atoms with Gasteiger partial charge in [-0.2, -0.15) is 0 Å². The van der Waals surface area contributed by atoms with Gasteiger partial charge in [-0.3, -0.25) is 0 Å². The lowest BCUT2D eigenvalue weighted by Crippen LogP contribution is -2.05. The van der Waals surface area contributed by atoms with E-state index in [2.05, 4.69) is 6.92 Å². The number of aliphatic carboxylic acids is 1. The van der Waals surface area contributed by atoms with Crippen LogP contribution < -0.4 is 0 Å². The molecule has 0 spiro atoms. The molecule has 3 heteroatoms. The molecule has 0 bridgehead atoms. The van der Waals surface area contributed by atoms with Crippen LogP contribution in [-0.2, 0) is 4.79 Å². The number of aliphatic hydroxyl groups is 1. The van der Waals surface area contributed by atoms with Crippen molar-refractivity contribution in [1.82, 2.24) is 0 Å². The van der Waals surface area contributed by atoms with Gasteiger partial charge in [0.1, 0.15) is 0 Å². The van der Waals surface area contributed by atoms with Gasteiger partial charge in [0.2, 0.25) is 0 Å². The summed E-state index contributed by atoms with van der Waals surface area (Å²) in [5.74, 6) is -1.77. The molecule has 3 nitrogen and oxygen atoms in total. The summed E-state index contributed by atoms with van der Waals surface area (Å²) in [4.78, 5) is 10.7. The minimum absolute atomic E-state index is 0.00968. The third-order valence-corrected chi connectivity index (χ3v) is 3.06. The van der Waals surface area contributed by atoms with Crippen LogP contribution in [0.2, 0.25) is 0 Å². The third kappa shape index (κ3) is 18.3. The van der Waals surface area contributed by atoms with Crippen molar-refractivity contribution in [2.75, 3.05) is 0 Å². The standard InChI is InChI=1S/C20H32O3/c1-2-3-4-5-10-13-16-19(21)17-14-11-8-6-7-9-12-15-18-20(22)23/h6-9,11-12,15,18-19,21H,2-5,10,13-14,16-17H2,1H3,(H,22,23)/i6D,7D,8D,9D,11D,12D,15D,18D. The van der Waals surface area contributed by atoms with Crippen molar-refractivity contribution in [3.63, 3.8) is 0 Å². The Morgan fingerprint density at radius 2 is 1.57 bits per heavy atom. The quantitative estimate of drug-likeness (QED) is 0.262. The van der Waals surface area contributed by atoms with Gasteiger partial charge in [-0.15, -0.1) is 0 Å². The second kappa shape index (κ2) is 16.8. The van der Waals surface area contributed by atoms with Crippen molar-refractivity contribution in [3.8, 4) is 0 Å². The molecule has 0 aromatic rings. The maximum Gasteiger partial charge on any atom is 0.328 e. The lowest BCUT2D eigenvalue weighted by Gasteiger charge is -2.08. The molecule has 0 aromatic heterocycles. The smallest absolute Gasteiger partial charge is 0.328 e. The van der Waals surface area contributed by atoms with Crippen molar-refractivity contribution in [3.05, 3.63) is 48.4 Å². The first-order chi connectivity index (χ1) is 14.4. The number of hydrogen-bond donors (Lipinski definition) is 2. The molecule has 1 atom stereocenters. The Balaban J connectivity index is 5.12. The Morgan fingerprint density at radius 1 is 0.957 bits per heavy atom. The summed E-state index contributed by atoms with van der Waals surface area (Å²) >= 11 is 0. The first-order valence-electron chi connectivity index (χ1n) is 12.1. The van der Waals surface area contributed by atoms with Gasteiger partial charge in [-0.1, -0.05) is 87.8 Å². The highest BCUT2D eigenvalue weighted by molar-refractivity contribution is 5.80. The fourth-order valence-electron chi connectivity index (χ4n) is 1.86. The van der Waals surface area contributed by atoms with Crippen molar-refractivity contribution in [2.45, 2.75) is 70.8 Å². The Kier molecular flexibility index (Phi) is 8.04. The molecule has 0 rings (SSSR count). The second-order valence-corrected chi connectivity index (χ2v) is 5.11. The van der Waals surface area contributed by atoms with Gasteiger partial charge in [-0.25, -0.2) is 4.79 Å². The van der Waals surface area contributed by atoms with Crippen LogP contribution in [0.15, 0.2) is 48.4 Å². The van der Waals surface area contributed by atoms with Crippen molar-refractivity contribution in [2.24, 2.45) is 0 Å². The van der Waals surface area contributed by atoms with Crippen LogP contribution in [0.1, 0.15) is 75.7 Å². The lowest BCUT2D eigenvalue weighted by molar-refractivity contribution is -0.131. The molecule has 0 aliphatic rings. The average molecular weight is 329 g/mol. The molecule has 130 valence electrons.